The molecule has 140 valence electrons. The Morgan fingerprint density at radius 1 is 1.24 bits per heavy atom. The van der Waals surface area contributed by atoms with E-state index >= 15 is 0 Å². The van der Waals surface area contributed by atoms with Crippen molar-refractivity contribution < 1.29 is 13.2 Å². The number of carbonyl (C=O) groups excluding carboxylic acids is 1. The number of hydrogen-bond donors (Lipinski definition) is 1. The van der Waals surface area contributed by atoms with Gasteiger partial charge in [0.25, 0.3) is 0 Å². The van der Waals surface area contributed by atoms with Crippen LogP contribution in [-0.2, 0) is 21.4 Å². The lowest BCUT2D eigenvalue weighted by Crippen LogP contribution is -2.23. The van der Waals surface area contributed by atoms with E-state index in [4.69, 9.17) is 0 Å². The Labute approximate surface area is 158 Å². The largest absolute Gasteiger partial charge is 0.352 e. The lowest BCUT2D eigenvalue weighted by Gasteiger charge is -2.12. The highest BCUT2D eigenvalue weighted by atomic mass is 33.1. The fourth-order valence-electron chi connectivity index (χ4n) is 2.50. The van der Waals surface area contributed by atoms with Crippen molar-refractivity contribution in [1.29, 1.82) is 0 Å². The smallest absolute Gasteiger partial charge is 0.242 e. The van der Waals surface area contributed by atoms with Crippen LogP contribution in [-0.4, -0.2) is 43.7 Å². The number of hydrogen-bond acceptors (Lipinski definition) is 5. The van der Waals surface area contributed by atoms with E-state index in [0.717, 1.165) is 23.7 Å². The molecule has 1 amide bonds. The molecule has 0 saturated carbocycles. The van der Waals surface area contributed by atoms with Crippen molar-refractivity contribution in [2.75, 3.05) is 19.8 Å². The molecule has 1 aliphatic heterocycles. The van der Waals surface area contributed by atoms with Gasteiger partial charge in [-0.15, -0.1) is 0 Å². The highest BCUT2D eigenvalue weighted by Crippen LogP contribution is 2.39. The lowest BCUT2D eigenvalue weighted by molar-refractivity contribution is -0.121. The molecule has 1 heterocycles. The summed E-state index contributed by atoms with van der Waals surface area (Å²) in [5.74, 6) is 1.31. The van der Waals surface area contributed by atoms with Gasteiger partial charge >= 0.3 is 0 Å². The van der Waals surface area contributed by atoms with Crippen LogP contribution in [0.1, 0.15) is 37.7 Å². The van der Waals surface area contributed by atoms with Crippen molar-refractivity contribution in [2.24, 2.45) is 0 Å². The molecule has 0 aromatic heterocycles. The normalized spacial score (nSPS) is 17.8. The van der Waals surface area contributed by atoms with Crippen molar-refractivity contribution in [3.8, 4) is 0 Å². The quantitative estimate of drug-likeness (QED) is 0.507. The third kappa shape index (κ3) is 6.51. The van der Waals surface area contributed by atoms with Crippen LogP contribution in [0.4, 0.5) is 0 Å². The van der Waals surface area contributed by atoms with Gasteiger partial charge in [-0.05, 0) is 37.0 Å². The maximum Gasteiger partial charge on any atom is 0.242 e. The topological polar surface area (TPSA) is 66.5 Å². The van der Waals surface area contributed by atoms with Crippen LogP contribution in [0, 0.1) is 0 Å². The maximum atomic E-state index is 12.0. The molecular weight excluding hydrogens is 376 g/mol. The number of amides is 1. The Morgan fingerprint density at radius 2 is 1.96 bits per heavy atom. The molecular formula is C17H26N2O3S3. The van der Waals surface area contributed by atoms with Crippen LogP contribution in [0.3, 0.4) is 0 Å². The molecule has 0 radical (unpaired) electrons. The zero-order valence-corrected chi connectivity index (χ0v) is 17.2. The minimum absolute atomic E-state index is 0.0541. The Morgan fingerprint density at radius 3 is 2.56 bits per heavy atom. The van der Waals surface area contributed by atoms with Gasteiger partial charge in [0.1, 0.15) is 0 Å². The molecule has 1 fully saturated rings. The van der Waals surface area contributed by atoms with E-state index in [0.29, 0.717) is 13.0 Å². The van der Waals surface area contributed by atoms with Crippen LogP contribution in [0.15, 0.2) is 29.2 Å². The second-order valence-corrected chi connectivity index (χ2v) is 11.2. The summed E-state index contributed by atoms with van der Waals surface area (Å²) in [7, 11) is 3.55. The molecule has 2 rings (SSSR count). The number of rotatable bonds is 9. The zero-order chi connectivity index (χ0) is 18.3. The van der Waals surface area contributed by atoms with Crippen LogP contribution in [0.25, 0.3) is 0 Å². The Bertz CT molecular complexity index is 654. The van der Waals surface area contributed by atoms with E-state index in [1.807, 2.05) is 21.6 Å². The summed E-state index contributed by atoms with van der Waals surface area (Å²) >= 11 is 0. The van der Waals surface area contributed by atoms with Crippen LogP contribution >= 0.6 is 21.6 Å². The molecule has 1 unspecified atom stereocenters. The third-order valence-electron chi connectivity index (χ3n) is 4.10. The highest BCUT2D eigenvalue weighted by Gasteiger charge is 2.17. The average molecular weight is 403 g/mol. The minimum Gasteiger partial charge on any atom is -0.352 e. The second kappa shape index (κ2) is 9.85. The molecule has 1 N–H and O–H groups in total. The molecule has 0 spiro atoms. The summed E-state index contributed by atoms with van der Waals surface area (Å²) in [6.45, 7) is 0.427. The van der Waals surface area contributed by atoms with Crippen molar-refractivity contribution in [1.82, 2.24) is 9.62 Å². The first-order valence-electron chi connectivity index (χ1n) is 8.46. The summed E-state index contributed by atoms with van der Waals surface area (Å²) in [5.41, 5.74) is 0.894. The molecule has 1 saturated heterocycles. The number of carbonyl (C=O) groups is 1. The second-order valence-electron chi connectivity index (χ2n) is 6.28. The van der Waals surface area contributed by atoms with E-state index in [2.05, 4.69) is 5.32 Å². The van der Waals surface area contributed by atoms with Gasteiger partial charge < -0.3 is 5.32 Å². The molecule has 0 bridgehead atoms. The minimum atomic E-state index is -3.40. The predicted molar refractivity (Wildman–Crippen MR) is 106 cm³/mol. The van der Waals surface area contributed by atoms with Crippen molar-refractivity contribution in [2.45, 2.75) is 48.8 Å². The van der Waals surface area contributed by atoms with Gasteiger partial charge in [0.15, 0.2) is 0 Å². The van der Waals surface area contributed by atoms with E-state index in [9.17, 15) is 13.2 Å². The summed E-state index contributed by atoms with van der Waals surface area (Å²) in [6, 6.07) is 6.64. The molecule has 1 atom stereocenters. The summed E-state index contributed by atoms with van der Waals surface area (Å²) < 4.78 is 25.2. The standard InChI is InChI=1S/C17H26N2O3S3/c1-19(2)25(21,22)16-9-7-14(8-10-16)13-18-17(20)6-4-3-5-15-11-12-23-24-15/h7-10,15H,3-6,11-13H2,1-2H3,(H,18,20). The fraction of sp³-hybridized carbons (Fsp3) is 0.588. The molecule has 1 aliphatic rings. The van der Waals surface area contributed by atoms with Crippen LogP contribution < -0.4 is 5.32 Å². The molecule has 8 heteroatoms. The van der Waals surface area contributed by atoms with Gasteiger partial charge in [-0.3, -0.25) is 4.79 Å². The van der Waals surface area contributed by atoms with Crippen LogP contribution in [0.2, 0.25) is 0 Å². The molecule has 5 nitrogen and oxygen atoms in total. The molecule has 0 aliphatic carbocycles. The summed E-state index contributed by atoms with van der Waals surface area (Å²) in [5, 5.41) is 3.67. The Balaban J connectivity index is 1.69. The molecule has 1 aromatic rings. The number of benzene rings is 1. The maximum absolute atomic E-state index is 12.0. The fourth-order valence-corrected chi connectivity index (χ4v) is 6.43. The molecule has 1 aromatic carbocycles. The van der Waals surface area contributed by atoms with Crippen LogP contribution in [0.5, 0.6) is 0 Å². The van der Waals surface area contributed by atoms with Crippen molar-refractivity contribution in [3.63, 3.8) is 0 Å². The molecule has 25 heavy (non-hydrogen) atoms. The number of unbranched alkanes of at least 4 members (excludes halogenated alkanes) is 1. The first-order valence-corrected chi connectivity index (χ1v) is 12.3. The van der Waals surface area contributed by atoms with Gasteiger partial charge in [0, 0.05) is 38.1 Å². The number of sulfonamides is 1. The van der Waals surface area contributed by atoms with E-state index in [-0.39, 0.29) is 10.8 Å². The summed E-state index contributed by atoms with van der Waals surface area (Å²) in [6.07, 6.45) is 5.07. The first kappa shape index (κ1) is 20.6. The predicted octanol–water partition coefficient (Wildman–Crippen LogP) is 3.27. The SMILES string of the molecule is CN(C)S(=O)(=O)c1ccc(CNC(=O)CCCCC2CCSS2)cc1. The van der Waals surface area contributed by atoms with Gasteiger partial charge in [-0.1, -0.05) is 40.1 Å². The van der Waals surface area contributed by atoms with Gasteiger partial charge in [-0.2, -0.15) is 0 Å². The lowest BCUT2D eigenvalue weighted by atomic mass is 10.1. The van der Waals surface area contributed by atoms with Gasteiger partial charge in [0.05, 0.1) is 4.90 Å². The Kier molecular flexibility index (Phi) is 8.12. The van der Waals surface area contributed by atoms with Crippen molar-refractivity contribution in [3.05, 3.63) is 29.8 Å². The van der Waals surface area contributed by atoms with Crippen molar-refractivity contribution >= 4 is 37.5 Å². The Hall–Kier alpha value is -0.700. The van der Waals surface area contributed by atoms with Gasteiger partial charge in [0.2, 0.25) is 15.9 Å². The van der Waals surface area contributed by atoms with E-state index in [1.54, 1.807) is 24.3 Å². The monoisotopic (exact) mass is 402 g/mol. The van der Waals surface area contributed by atoms with E-state index in [1.165, 1.54) is 37.0 Å². The average Bonchev–Trinajstić information content (AvgIpc) is 3.10. The number of nitrogens with zero attached hydrogens (tertiary/aromatic N) is 1. The highest BCUT2D eigenvalue weighted by molar-refractivity contribution is 8.77. The first-order chi connectivity index (χ1) is 11.9. The summed E-state index contributed by atoms with van der Waals surface area (Å²) in [4.78, 5) is 12.2. The number of nitrogens with one attached hydrogen (secondary N) is 1. The van der Waals surface area contributed by atoms with Gasteiger partial charge in [-0.25, -0.2) is 12.7 Å². The zero-order valence-electron chi connectivity index (χ0n) is 14.7. The van der Waals surface area contributed by atoms with E-state index < -0.39 is 10.0 Å². The third-order valence-corrected chi connectivity index (χ3v) is 8.93.